The standard InChI is InChI=1S/C15H15NO7S/c1-23-12-4-6-13(7-5-12)24(21,22)9-11-3-2-10(15(17)18)8-14(11)16(19)20/h2-8,19-20H,9H2,1H3,(H,17,18)/p-1. The van der Waals surface area contributed by atoms with Crippen molar-refractivity contribution in [3.05, 3.63) is 53.6 Å². The Bertz CT molecular complexity index is 845. The van der Waals surface area contributed by atoms with Gasteiger partial charge in [-0.3, -0.25) is 10.4 Å². The Labute approximate surface area is 138 Å². The van der Waals surface area contributed by atoms with Crippen LogP contribution < -0.4 is 15.1 Å². The van der Waals surface area contributed by atoms with Gasteiger partial charge in [0.15, 0.2) is 9.84 Å². The summed E-state index contributed by atoms with van der Waals surface area (Å²) in [4.78, 5) is 10.8. The topological polar surface area (TPSA) is 127 Å². The van der Waals surface area contributed by atoms with Crippen LogP contribution in [-0.2, 0) is 15.6 Å². The number of carbonyl (C=O) groups excluding carboxylic acids is 1. The molecular formula is C15H14NO7S-. The van der Waals surface area contributed by atoms with Crippen LogP contribution in [0.1, 0.15) is 15.9 Å². The van der Waals surface area contributed by atoms with Gasteiger partial charge in [0.05, 0.1) is 29.4 Å². The van der Waals surface area contributed by atoms with Crippen LogP contribution in [0.5, 0.6) is 5.75 Å². The number of ether oxygens (including phenoxy) is 1. The maximum Gasteiger partial charge on any atom is 0.182 e. The number of carboxylic acids is 1. The average Bonchev–Trinajstić information content (AvgIpc) is 2.54. The zero-order valence-corrected chi connectivity index (χ0v) is 13.4. The van der Waals surface area contributed by atoms with Crippen molar-refractivity contribution in [2.45, 2.75) is 10.6 Å². The Morgan fingerprint density at radius 3 is 2.29 bits per heavy atom. The van der Waals surface area contributed by atoms with Crippen LogP contribution in [0.4, 0.5) is 5.69 Å². The van der Waals surface area contributed by atoms with Gasteiger partial charge in [-0.1, -0.05) is 12.1 Å². The zero-order chi connectivity index (χ0) is 17.9. The first-order valence-corrected chi connectivity index (χ1v) is 8.29. The number of methoxy groups -OCH3 is 1. The number of hydrogen-bond acceptors (Lipinski definition) is 8. The van der Waals surface area contributed by atoms with Gasteiger partial charge < -0.3 is 14.6 Å². The monoisotopic (exact) mass is 352 g/mol. The van der Waals surface area contributed by atoms with E-state index in [4.69, 9.17) is 4.74 Å². The lowest BCUT2D eigenvalue weighted by Gasteiger charge is -2.16. The zero-order valence-electron chi connectivity index (χ0n) is 12.5. The van der Waals surface area contributed by atoms with Gasteiger partial charge in [-0.2, -0.15) is 0 Å². The molecular weight excluding hydrogens is 338 g/mol. The average molecular weight is 352 g/mol. The molecule has 9 heteroatoms. The van der Waals surface area contributed by atoms with Crippen molar-refractivity contribution < 1.29 is 33.5 Å². The minimum atomic E-state index is -3.79. The maximum atomic E-state index is 12.4. The van der Waals surface area contributed by atoms with E-state index < -0.39 is 21.6 Å². The Hall–Kier alpha value is -2.62. The third kappa shape index (κ3) is 3.82. The molecule has 0 aliphatic rings. The van der Waals surface area contributed by atoms with E-state index in [0.29, 0.717) is 5.75 Å². The molecule has 0 aromatic heterocycles. The highest BCUT2D eigenvalue weighted by molar-refractivity contribution is 7.90. The molecule has 0 saturated heterocycles. The summed E-state index contributed by atoms with van der Waals surface area (Å²) in [6.07, 6.45) is 0. The molecule has 24 heavy (non-hydrogen) atoms. The number of sulfone groups is 1. The summed E-state index contributed by atoms with van der Waals surface area (Å²) < 4.78 is 29.8. The maximum absolute atomic E-state index is 12.4. The van der Waals surface area contributed by atoms with E-state index in [2.05, 4.69) is 0 Å². The number of aromatic carboxylic acids is 1. The Kier molecular flexibility index (Phi) is 5.07. The van der Waals surface area contributed by atoms with Gasteiger partial charge in [-0.15, -0.1) is 5.23 Å². The van der Waals surface area contributed by atoms with Crippen molar-refractivity contribution in [3.63, 3.8) is 0 Å². The van der Waals surface area contributed by atoms with E-state index in [0.717, 1.165) is 12.1 Å². The number of nitrogens with zero attached hydrogens (tertiary/aromatic N) is 1. The molecule has 0 bridgehead atoms. The molecule has 0 fully saturated rings. The van der Waals surface area contributed by atoms with Crippen molar-refractivity contribution >= 4 is 21.5 Å². The first kappa shape index (κ1) is 17.7. The van der Waals surface area contributed by atoms with Gasteiger partial charge in [-0.05, 0) is 41.5 Å². The second kappa shape index (κ2) is 6.87. The molecule has 2 rings (SSSR count). The fourth-order valence-electron chi connectivity index (χ4n) is 2.07. The highest BCUT2D eigenvalue weighted by Crippen LogP contribution is 2.26. The molecule has 0 saturated carbocycles. The van der Waals surface area contributed by atoms with Crippen LogP contribution in [0.15, 0.2) is 47.4 Å². The Morgan fingerprint density at radius 2 is 1.79 bits per heavy atom. The largest absolute Gasteiger partial charge is 0.545 e. The lowest BCUT2D eigenvalue weighted by atomic mass is 10.1. The summed E-state index contributed by atoms with van der Waals surface area (Å²) in [6, 6.07) is 8.91. The first-order valence-electron chi connectivity index (χ1n) is 6.63. The van der Waals surface area contributed by atoms with E-state index >= 15 is 0 Å². The molecule has 2 aromatic carbocycles. The minimum Gasteiger partial charge on any atom is -0.545 e. The molecule has 8 nitrogen and oxygen atoms in total. The van der Waals surface area contributed by atoms with E-state index in [-0.39, 0.29) is 26.9 Å². The number of carboxylic acid groups (broad SMARTS) is 1. The van der Waals surface area contributed by atoms with Gasteiger partial charge in [0.25, 0.3) is 0 Å². The van der Waals surface area contributed by atoms with Crippen molar-refractivity contribution in [2.24, 2.45) is 0 Å². The second-order valence-corrected chi connectivity index (χ2v) is 6.84. The van der Waals surface area contributed by atoms with E-state index in [9.17, 15) is 28.7 Å². The molecule has 0 spiro atoms. The Morgan fingerprint density at radius 1 is 1.17 bits per heavy atom. The van der Waals surface area contributed by atoms with Crippen LogP contribution in [0.25, 0.3) is 0 Å². The van der Waals surface area contributed by atoms with Gasteiger partial charge >= 0.3 is 0 Å². The summed E-state index contributed by atoms with van der Waals surface area (Å²) in [7, 11) is -2.34. The lowest BCUT2D eigenvalue weighted by molar-refractivity contribution is -0.255. The van der Waals surface area contributed by atoms with Crippen molar-refractivity contribution in [1.29, 1.82) is 0 Å². The highest BCUT2D eigenvalue weighted by Gasteiger charge is 2.19. The predicted octanol–water partition coefficient (Wildman–Crippen LogP) is 0.617. The molecule has 0 unspecified atom stereocenters. The summed E-state index contributed by atoms with van der Waals surface area (Å²) in [5.41, 5.74) is -0.668. The second-order valence-electron chi connectivity index (χ2n) is 4.86. The fraction of sp³-hybridized carbons (Fsp3) is 0.133. The van der Waals surface area contributed by atoms with E-state index in [1.807, 2.05) is 0 Å². The molecule has 0 atom stereocenters. The van der Waals surface area contributed by atoms with Crippen LogP contribution in [-0.4, -0.2) is 31.9 Å². The number of hydrogen-bond donors (Lipinski definition) is 2. The third-order valence-corrected chi connectivity index (χ3v) is 4.98. The van der Waals surface area contributed by atoms with Gasteiger partial charge in [0.1, 0.15) is 5.75 Å². The summed E-state index contributed by atoms with van der Waals surface area (Å²) in [5, 5.41) is 28.9. The molecule has 0 heterocycles. The SMILES string of the molecule is COc1ccc(S(=O)(=O)Cc2ccc(C(=O)[O-])cc2N(O)O)cc1. The minimum absolute atomic E-state index is 0.0145. The molecule has 2 aromatic rings. The third-order valence-electron chi connectivity index (χ3n) is 3.30. The Balaban J connectivity index is 2.39. The fourth-order valence-corrected chi connectivity index (χ4v) is 3.44. The van der Waals surface area contributed by atoms with Crippen LogP contribution >= 0.6 is 0 Å². The smallest absolute Gasteiger partial charge is 0.182 e. The van der Waals surface area contributed by atoms with Gasteiger partial charge in [-0.25, -0.2) is 8.42 Å². The number of anilines is 1. The summed E-state index contributed by atoms with van der Waals surface area (Å²) in [6.45, 7) is 0. The van der Waals surface area contributed by atoms with E-state index in [1.54, 1.807) is 0 Å². The molecule has 0 radical (unpaired) electrons. The quantitative estimate of drug-likeness (QED) is 0.724. The van der Waals surface area contributed by atoms with Crippen LogP contribution in [0, 0.1) is 0 Å². The molecule has 0 aliphatic carbocycles. The highest BCUT2D eigenvalue weighted by atomic mass is 32.2. The van der Waals surface area contributed by atoms with Crippen molar-refractivity contribution in [3.8, 4) is 5.75 Å². The lowest BCUT2D eigenvalue weighted by Crippen LogP contribution is -2.23. The first-order chi connectivity index (χ1) is 11.2. The van der Waals surface area contributed by atoms with Gasteiger partial charge in [0, 0.05) is 0 Å². The number of benzene rings is 2. The van der Waals surface area contributed by atoms with E-state index in [1.165, 1.54) is 37.4 Å². The summed E-state index contributed by atoms with van der Waals surface area (Å²) >= 11 is 0. The summed E-state index contributed by atoms with van der Waals surface area (Å²) in [5.74, 6) is -1.59. The number of carbonyl (C=O) groups is 1. The van der Waals surface area contributed by atoms with Crippen molar-refractivity contribution in [2.75, 3.05) is 12.3 Å². The van der Waals surface area contributed by atoms with Crippen LogP contribution in [0.3, 0.4) is 0 Å². The van der Waals surface area contributed by atoms with Crippen molar-refractivity contribution in [1.82, 2.24) is 0 Å². The molecule has 128 valence electrons. The molecule has 0 amide bonds. The van der Waals surface area contributed by atoms with Crippen LogP contribution in [0.2, 0.25) is 0 Å². The number of rotatable bonds is 6. The molecule has 2 N–H and O–H groups in total. The molecule has 0 aliphatic heterocycles. The predicted molar refractivity (Wildman–Crippen MR) is 80.7 cm³/mol. The normalized spacial score (nSPS) is 11.1. The van der Waals surface area contributed by atoms with Gasteiger partial charge in [0.2, 0.25) is 0 Å².